The van der Waals surface area contributed by atoms with E-state index in [1.165, 1.54) is 17.9 Å². The third-order valence-electron chi connectivity index (χ3n) is 3.07. The Morgan fingerprint density at radius 1 is 1.38 bits per heavy atom. The lowest BCUT2D eigenvalue weighted by Crippen LogP contribution is -2.43. The molecule has 1 unspecified atom stereocenters. The van der Waals surface area contributed by atoms with Crippen molar-refractivity contribution in [3.05, 3.63) is 27.2 Å². The van der Waals surface area contributed by atoms with Crippen molar-refractivity contribution in [2.24, 2.45) is 14.1 Å². The van der Waals surface area contributed by atoms with E-state index in [0.717, 1.165) is 4.57 Å². The Hall–Kier alpha value is -2.51. The van der Waals surface area contributed by atoms with Gasteiger partial charge in [0.1, 0.15) is 5.78 Å². The molecule has 2 heterocycles. The number of fused-ring (bicyclic) bond motifs is 1. The van der Waals surface area contributed by atoms with Gasteiger partial charge in [-0.05, 0) is 13.3 Å². The van der Waals surface area contributed by atoms with E-state index in [1.54, 1.807) is 7.05 Å². The van der Waals surface area contributed by atoms with Gasteiger partial charge in [-0.2, -0.15) is 4.57 Å². The van der Waals surface area contributed by atoms with E-state index >= 15 is 0 Å². The van der Waals surface area contributed by atoms with Gasteiger partial charge in [0.25, 0.3) is 5.56 Å². The third-order valence-corrected chi connectivity index (χ3v) is 3.07. The average molecular weight is 295 g/mol. The molecule has 0 saturated carbocycles. The van der Waals surface area contributed by atoms with Crippen molar-refractivity contribution in [1.82, 2.24) is 18.7 Å². The molecule has 2 aromatic heterocycles. The number of rotatable bonds is 4. The zero-order valence-corrected chi connectivity index (χ0v) is 11.6. The minimum absolute atomic E-state index is 0.0846. The molecule has 0 aliphatic heterocycles. The van der Waals surface area contributed by atoms with Crippen LogP contribution in [-0.4, -0.2) is 30.4 Å². The molecule has 112 valence electrons. The molecule has 0 aliphatic carbocycles. The second-order valence-electron chi connectivity index (χ2n) is 4.55. The molecular formula is C13H16N4O4. The van der Waals surface area contributed by atoms with Crippen molar-refractivity contribution in [1.29, 1.82) is 0 Å². The molecule has 0 bridgehead atoms. The van der Waals surface area contributed by atoms with Crippen LogP contribution in [0.1, 0.15) is 35.0 Å². The van der Waals surface area contributed by atoms with Crippen LogP contribution in [0.2, 0.25) is 0 Å². The minimum atomic E-state index is -1.80. The van der Waals surface area contributed by atoms with Gasteiger partial charge in [-0.15, -0.1) is 0 Å². The molecule has 0 spiro atoms. The summed E-state index contributed by atoms with van der Waals surface area (Å²) in [7, 11) is 2.93. The maximum absolute atomic E-state index is 12.4. The van der Waals surface area contributed by atoms with Crippen molar-refractivity contribution in [2.45, 2.75) is 26.1 Å². The highest BCUT2D eigenvalue weighted by molar-refractivity contribution is 5.82. The van der Waals surface area contributed by atoms with Gasteiger partial charge in [0.2, 0.25) is 5.91 Å². The Bertz CT molecular complexity index is 928. The third kappa shape index (κ3) is 2.56. The highest BCUT2D eigenvalue weighted by Gasteiger charge is 2.19. The summed E-state index contributed by atoms with van der Waals surface area (Å²) < 4.78 is 24.3. The van der Waals surface area contributed by atoms with Crippen LogP contribution < -0.4 is 11.2 Å². The summed E-state index contributed by atoms with van der Waals surface area (Å²) in [4.78, 5) is 52.2. The maximum atomic E-state index is 12.4. The summed E-state index contributed by atoms with van der Waals surface area (Å²) in [6.45, 7) is -1.80. The quantitative estimate of drug-likeness (QED) is 0.780. The number of carbonyl (C=O) groups is 2. The summed E-state index contributed by atoms with van der Waals surface area (Å²) >= 11 is 0. The standard InChI is InChI=1S/C13H16N4O4/c1-8(18)5-4-6-9(19)17-12(20)10-11(14-7-15(10)2)16(3)13(17)21/h7H,4-6H2,1-3H3/i1D2,5D. The molecule has 8 nitrogen and oxygen atoms in total. The minimum Gasteiger partial charge on any atom is -0.328 e. The van der Waals surface area contributed by atoms with E-state index < -0.39 is 42.6 Å². The molecule has 1 atom stereocenters. The van der Waals surface area contributed by atoms with Crippen LogP contribution in [0.4, 0.5) is 0 Å². The lowest BCUT2D eigenvalue weighted by Gasteiger charge is -2.07. The Kier molecular flexibility index (Phi) is 2.91. The average Bonchev–Trinajstić information content (AvgIpc) is 2.91. The van der Waals surface area contributed by atoms with Crippen LogP contribution in [0.25, 0.3) is 11.2 Å². The largest absolute Gasteiger partial charge is 0.339 e. The monoisotopic (exact) mass is 295 g/mol. The smallest absolute Gasteiger partial charge is 0.328 e. The maximum Gasteiger partial charge on any atom is 0.339 e. The summed E-state index contributed by atoms with van der Waals surface area (Å²) in [6.07, 6.45) is -0.744. The van der Waals surface area contributed by atoms with Gasteiger partial charge >= 0.3 is 5.69 Å². The summed E-state index contributed by atoms with van der Waals surface area (Å²) in [6, 6.07) is 0. The van der Waals surface area contributed by atoms with Crippen molar-refractivity contribution in [3.63, 3.8) is 0 Å². The predicted octanol–water partition coefficient (Wildman–Crippen LogP) is -0.167. The highest BCUT2D eigenvalue weighted by Crippen LogP contribution is 2.04. The van der Waals surface area contributed by atoms with Crippen LogP contribution in [0.3, 0.4) is 0 Å². The zero-order chi connectivity index (χ0) is 18.2. The summed E-state index contributed by atoms with van der Waals surface area (Å²) in [5, 5.41) is 0. The first-order valence-corrected chi connectivity index (χ1v) is 6.13. The van der Waals surface area contributed by atoms with Crippen LogP contribution in [0, 0.1) is 0 Å². The number of Topliss-reactive ketones (excluding diaryl/α,β-unsaturated/α-hetero) is 1. The van der Waals surface area contributed by atoms with Crippen LogP contribution in [0.15, 0.2) is 15.9 Å². The van der Waals surface area contributed by atoms with E-state index in [9.17, 15) is 19.2 Å². The Morgan fingerprint density at radius 2 is 2.10 bits per heavy atom. The van der Waals surface area contributed by atoms with Gasteiger partial charge in [-0.1, -0.05) is 0 Å². The zero-order valence-electron chi connectivity index (χ0n) is 14.6. The topological polar surface area (TPSA) is 96.0 Å². The SMILES string of the molecule is [2H]C([2H])C(=O)C([2H])CCC(=O)n1c(=O)c2c(ncn2C)n(C)c1=O. The fourth-order valence-electron chi connectivity index (χ4n) is 2.01. The van der Waals surface area contributed by atoms with Gasteiger partial charge < -0.3 is 9.36 Å². The Morgan fingerprint density at radius 3 is 2.76 bits per heavy atom. The van der Waals surface area contributed by atoms with Crippen LogP contribution in [0.5, 0.6) is 0 Å². The molecule has 0 aromatic carbocycles. The number of aryl methyl sites for hydroxylation is 2. The number of imidazole rings is 1. The van der Waals surface area contributed by atoms with Crippen molar-refractivity contribution in [2.75, 3.05) is 0 Å². The second kappa shape index (κ2) is 5.47. The first kappa shape index (κ1) is 11.2. The fraction of sp³-hybridized carbons (Fsp3) is 0.462. The number of aromatic nitrogens is 4. The molecule has 0 fully saturated rings. The van der Waals surface area contributed by atoms with Crippen molar-refractivity contribution < 1.29 is 13.7 Å². The molecule has 0 aliphatic rings. The van der Waals surface area contributed by atoms with Crippen LogP contribution in [-0.2, 0) is 18.9 Å². The lowest BCUT2D eigenvalue weighted by atomic mass is 10.2. The molecule has 2 aromatic rings. The summed E-state index contributed by atoms with van der Waals surface area (Å²) in [5.41, 5.74) is -1.44. The number of hydrogen-bond acceptors (Lipinski definition) is 5. The van der Waals surface area contributed by atoms with Crippen molar-refractivity contribution >= 4 is 22.9 Å². The van der Waals surface area contributed by atoms with E-state index in [4.69, 9.17) is 4.11 Å². The first-order valence-electron chi connectivity index (χ1n) is 7.86. The predicted molar refractivity (Wildman–Crippen MR) is 75.4 cm³/mol. The molecule has 0 saturated heterocycles. The van der Waals surface area contributed by atoms with Gasteiger partial charge in [-0.3, -0.25) is 14.2 Å². The molecule has 0 amide bonds. The van der Waals surface area contributed by atoms with E-state index in [1.807, 2.05) is 0 Å². The number of carbonyl (C=O) groups excluding carboxylic acids is 2. The van der Waals surface area contributed by atoms with Crippen LogP contribution >= 0.6 is 0 Å². The molecule has 0 N–H and O–H groups in total. The lowest BCUT2D eigenvalue weighted by molar-refractivity contribution is -0.117. The van der Waals surface area contributed by atoms with Gasteiger partial charge in [0.05, 0.1) is 6.33 Å². The normalized spacial score (nSPS) is 14.7. The highest BCUT2D eigenvalue weighted by atomic mass is 16.2. The Balaban J connectivity index is 2.37. The van der Waals surface area contributed by atoms with Gasteiger partial charge in [0.15, 0.2) is 11.2 Å². The van der Waals surface area contributed by atoms with Gasteiger partial charge in [-0.25, -0.2) is 9.78 Å². The number of hydrogen-bond donors (Lipinski definition) is 0. The Labute approximate surface area is 123 Å². The van der Waals surface area contributed by atoms with E-state index in [-0.39, 0.29) is 17.6 Å². The number of ketones is 1. The number of nitrogens with zero attached hydrogens (tertiary/aromatic N) is 4. The van der Waals surface area contributed by atoms with Crippen molar-refractivity contribution in [3.8, 4) is 0 Å². The van der Waals surface area contributed by atoms with E-state index in [2.05, 4.69) is 4.98 Å². The fourth-order valence-corrected chi connectivity index (χ4v) is 2.01. The summed E-state index contributed by atoms with van der Waals surface area (Å²) in [5.74, 6) is -1.79. The van der Waals surface area contributed by atoms with E-state index in [0.29, 0.717) is 4.57 Å². The molecule has 8 heteroatoms. The second-order valence-corrected chi connectivity index (χ2v) is 4.55. The first-order chi connectivity index (χ1) is 11.2. The molecule has 2 rings (SSSR count). The van der Waals surface area contributed by atoms with Gasteiger partial charge in [0, 0.05) is 31.0 Å². The molecule has 0 radical (unpaired) electrons. The molecule has 21 heavy (non-hydrogen) atoms. The molecular weight excluding hydrogens is 276 g/mol.